The average Bonchev–Trinajstić information content (AvgIpc) is 2.88. The van der Waals surface area contributed by atoms with Crippen LogP contribution in [0.4, 0.5) is 0 Å². The van der Waals surface area contributed by atoms with Gasteiger partial charge in [0.2, 0.25) is 5.91 Å². The van der Waals surface area contributed by atoms with Crippen LogP contribution in [0.2, 0.25) is 0 Å². The van der Waals surface area contributed by atoms with E-state index in [1.807, 2.05) is 38.1 Å². The average molecular weight is 301 g/mol. The van der Waals surface area contributed by atoms with Crippen molar-refractivity contribution in [3.05, 3.63) is 30.1 Å². The lowest BCUT2D eigenvalue weighted by Crippen LogP contribution is -2.27. The number of aryl methyl sites for hydroxylation is 1. The maximum atomic E-state index is 11.7. The standard InChI is InChI=1S/C14H15N5OS/c1-8(13(20)15-3)21-14-17-11-7-5-4-6-10(11)12-16-9(2)18-19(12)14/h4-8H,1-3H3,(H,15,20). The third kappa shape index (κ3) is 2.44. The fourth-order valence-electron chi connectivity index (χ4n) is 2.12. The first-order valence-corrected chi connectivity index (χ1v) is 7.48. The van der Waals surface area contributed by atoms with Crippen molar-refractivity contribution in [2.45, 2.75) is 24.3 Å². The van der Waals surface area contributed by atoms with E-state index in [0.717, 1.165) is 16.6 Å². The van der Waals surface area contributed by atoms with Crippen LogP contribution in [0.1, 0.15) is 12.7 Å². The lowest BCUT2D eigenvalue weighted by molar-refractivity contribution is -0.119. The summed E-state index contributed by atoms with van der Waals surface area (Å²) in [6, 6.07) is 7.80. The van der Waals surface area contributed by atoms with Gasteiger partial charge in [-0.1, -0.05) is 23.9 Å². The van der Waals surface area contributed by atoms with Gasteiger partial charge in [0.15, 0.2) is 10.8 Å². The van der Waals surface area contributed by atoms with Crippen LogP contribution < -0.4 is 5.32 Å². The molecule has 7 heteroatoms. The van der Waals surface area contributed by atoms with Crippen LogP contribution >= 0.6 is 11.8 Å². The lowest BCUT2D eigenvalue weighted by Gasteiger charge is -2.10. The molecule has 108 valence electrons. The van der Waals surface area contributed by atoms with Crippen LogP contribution in [-0.4, -0.2) is 37.8 Å². The molecule has 3 rings (SSSR count). The van der Waals surface area contributed by atoms with E-state index in [2.05, 4.69) is 20.4 Å². The van der Waals surface area contributed by atoms with Crippen molar-refractivity contribution < 1.29 is 4.79 Å². The number of carbonyl (C=O) groups is 1. The highest BCUT2D eigenvalue weighted by Crippen LogP contribution is 2.26. The van der Waals surface area contributed by atoms with Gasteiger partial charge in [-0.25, -0.2) is 9.97 Å². The summed E-state index contributed by atoms with van der Waals surface area (Å²) in [4.78, 5) is 20.8. The first-order valence-electron chi connectivity index (χ1n) is 6.60. The number of rotatable bonds is 3. The Kier molecular flexibility index (Phi) is 3.50. The van der Waals surface area contributed by atoms with E-state index in [1.165, 1.54) is 11.8 Å². The van der Waals surface area contributed by atoms with Crippen LogP contribution in [0, 0.1) is 6.92 Å². The minimum Gasteiger partial charge on any atom is -0.358 e. The zero-order valence-corrected chi connectivity index (χ0v) is 12.8. The number of thioether (sulfide) groups is 1. The Bertz CT molecular complexity index is 829. The van der Waals surface area contributed by atoms with Crippen molar-refractivity contribution in [1.29, 1.82) is 0 Å². The fraction of sp³-hybridized carbons (Fsp3) is 0.286. The Labute approximate surface area is 126 Å². The summed E-state index contributed by atoms with van der Waals surface area (Å²) in [5.74, 6) is 0.641. The smallest absolute Gasteiger partial charge is 0.233 e. The van der Waals surface area contributed by atoms with Crippen LogP contribution in [0.3, 0.4) is 0 Å². The van der Waals surface area contributed by atoms with Crippen LogP contribution in [0.5, 0.6) is 0 Å². The third-order valence-corrected chi connectivity index (χ3v) is 4.20. The number of nitrogens with zero attached hydrogens (tertiary/aromatic N) is 4. The zero-order valence-electron chi connectivity index (χ0n) is 12.0. The summed E-state index contributed by atoms with van der Waals surface area (Å²) in [6.07, 6.45) is 0. The number of para-hydroxylation sites is 1. The Hall–Kier alpha value is -2.15. The Morgan fingerprint density at radius 2 is 2.10 bits per heavy atom. The minimum absolute atomic E-state index is 0.0417. The summed E-state index contributed by atoms with van der Waals surface area (Å²) in [5, 5.41) is 8.40. The molecule has 21 heavy (non-hydrogen) atoms. The summed E-state index contributed by atoms with van der Waals surface area (Å²) < 4.78 is 1.71. The summed E-state index contributed by atoms with van der Waals surface area (Å²) in [5.41, 5.74) is 1.62. The molecule has 1 amide bonds. The molecule has 0 aliphatic rings. The monoisotopic (exact) mass is 301 g/mol. The van der Waals surface area contributed by atoms with Crippen molar-refractivity contribution >= 4 is 34.2 Å². The molecule has 0 spiro atoms. The van der Waals surface area contributed by atoms with Gasteiger partial charge in [-0.05, 0) is 26.0 Å². The quantitative estimate of drug-likeness (QED) is 0.590. The third-order valence-electron chi connectivity index (χ3n) is 3.15. The van der Waals surface area contributed by atoms with E-state index in [0.29, 0.717) is 11.0 Å². The van der Waals surface area contributed by atoms with Gasteiger partial charge < -0.3 is 5.32 Å². The molecule has 0 bridgehead atoms. The van der Waals surface area contributed by atoms with Crippen molar-refractivity contribution in [1.82, 2.24) is 24.9 Å². The van der Waals surface area contributed by atoms with Crippen LogP contribution in [0.15, 0.2) is 29.4 Å². The molecule has 1 N–H and O–H groups in total. The topological polar surface area (TPSA) is 72.2 Å². The number of amides is 1. The molecule has 0 radical (unpaired) electrons. The van der Waals surface area contributed by atoms with Crippen molar-refractivity contribution in [2.75, 3.05) is 7.05 Å². The van der Waals surface area contributed by atoms with Gasteiger partial charge in [0, 0.05) is 12.4 Å². The Morgan fingerprint density at radius 3 is 2.86 bits per heavy atom. The maximum Gasteiger partial charge on any atom is 0.233 e. The van der Waals surface area contributed by atoms with Gasteiger partial charge in [-0.15, -0.1) is 5.10 Å². The van der Waals surface area contributed by atoms with Crippen molar-refractivity contribution in [3.63, 3.8) is 0 Å². The van der Waals surface area contributed by atoms with E-state index in [1.54, 1.807) is 11.6 Å². The molecule has 0 fully saturated rings. The predicted octanol–water partition coefficient (Wildman–Crippen LogP) is 1.81. The normalized spacial score (nSPS) is 12.7. The van der Waals surface area contributed by atoms with Gasteiger partial charge in [0.05, 0.1) is 10.8 Å². The second-order valence-corrected chi connectivity index (χ2v) is 5.99. The zero-order chi connectivity index (χ0) is 15.0. The fourth-order valence-corrected chi connectivity index (χ4v) is 3.04. The molecule has 2 heterocycles. The Balaban J connectivity index is 2.18. The summed E-state index contributed by atoms with van der Waals surface area (Å²) >= 11 is 1.37. The van der Waals surface area contributed by atoms with Gasteiger partial charge >= 0.3 is 0 Å². The molecular formula is C14H15N5OS. The number of benzene rings is 1. The number of nitrogens with one attached hydrogen (secondary N) is 1. The van der Waals surface area contributed by atoms with Gasteiger partial charge in [0.25, 0.3) is 0 Å². The lowest BCUT2D eigenvalue weighted by atomic mass is 10.2. The van der Waals surface area contributed by atoms with Gasteiger partial charge in [-0.2, -0.15) is 4.52 Å². The molecule has 0 aliphatic carbocycles. The van der Waals surface area contributed by atoms with E-state index in [9.17, 15) is 4.79 Å². The van der Waals surface area contributed by atoms with Gasteiger partial charge in [0.1, 0.15) is 5.82 Å². The summed E-state index contributed by atoms with van der Waals surface area (Å²) in [7, 11) is 1.63. The molecule has 0 saturated carbocycles. The maximum absolute atomic E-state index is 11.7. The highest BCUT2D eigenvalue weighted by Gasteiger charge is 2.18. The molecule has 0 aliphatic heterocycles. The SMILES string of the molecule is CNC(=O)C(C)Sc1nc2ccccc2c2nc(C)nn12. The number of hydrogen-bond donors (Lipinski definition) is 1. The molecule has 3 aromatic rings. The van der Waals surface area contributed by atoms with E-state index in [4.69, 9.17) is 0 Å². The van der Waals surface area contributed by atoms with E-state index >= 15 is 0 Å². The second kappa shape index (κ2) is 5.33. The van der Waals surface area contributed by atoms with E-state index < -0.39 is 0 Å². The van der Waals surface area contributed by atoms with Crippen LogP contribution in [0.25, 0.3) is 16.6 Å². The molecular weight excluding hydrogens is 286 g/mol. The van der Waals surface area contributed by atoms with Crippen LogP contribution in [-0.2, 0) is 4.79 Å². The van der Waals surface area contributed by atoms with E-state index in [-0.39, 0.29) is 11.2 Å². The van der Waals surface area contributed by atoms with Crippen molar-refractivity contribution in [2.24, 2.45) is 0 Å². The second-order valence-electron chi connectivity index (χ2n) is 4.68. The molecule has 0 saturated heterocycles. The largest absolute Gasteiger partial charge is 0.358 e. The number of fused-ring (bicyclic) bond motifs is 3. The molecule has 6 nitrogen and oxygen atoms in total. The first kappa shape index (κ1) is 13.8. The predicted molar refractivity (Wildman–Crippen MR) is 82.4 cm³/mol. The molecule has 1 unspecified atom stereocenters. The minimum atomic E-state index is -0.253. The molecule has 1 aromatic carbocycles. The summed E-state index contributed by atoms with van der Waals surface area (Å²) in [6.45, 7) is 3.69. The highest BCUT2D eigenvalue weighted by molar-refractivity contribution is 8.00. The highest BCUT2D eigenvalue weighted by atomic mass is 32.2. The van der Waals surface area contributed by atoms with Crippen molar-refractivity contribution in [3.8, 4) is 0 Å². The number of aromatic nitrogens is 4. The molecule has 1 atom stereocenters. The van der Waals surface area contributed by atoms with Gasteiger partial charge in [-0.3, -0.25) is 4.79 Å². The number of hydrogen-bond acceptors (Lipinski definition) is 5. The molecule has 2 aromatic heterocycles. The first-order chi connectivity index (χ1) is 10.1. The Morgan fingerprint density at radius 1 is 1.33 bits per heavy atom. The number of carbonyl (C=O) groups excluding carboxylic acids is 1.